The average Bonchev–Trinajstić information content (AvgIpc) is 2.29. The summed E-state index contributed by atoms with van der Waals surface area (Å²) in [6, 6.07) is 8.48. The van der Waals surface area contributed by atoms with E-state index in [0.29, 0.717) is 11.0 Å². The van der Waals surface area contributed by atoms with Crippen molar-refractivity contribution in [3.63, 3.8) is 0 Å². The van der Waals surface area contributed by atoms with Gasteiger partial charge in [-0.15, -0.1) is 0 Å². The topological polar surface area (TPSA) is 37.8 Å². The van der Waals surface area contributed by atoms with Crippen LogP contribution in [0.25, 0.3) is 0 Å². The van der Waals surface area contributed by atoms with Crippen LogP contribution < -0.4 is 5.32 Å². The molecule has 4 heteroatoms. The van der Waals surface area contributed by atoms with Crippen LogP contribution in [0.5, 0.6) is 0 Å². The third-order valence-corrected chi connectivity index (χ3v) is 2.59. The van der Waals surface area contributed by atoms with E-state index >= 15 is 0 Å². The summed E-state index contributed by atoms with van der Waals surface area (Å²) >= 11 is 5.75. The third kappa shape index (κ3) is 3.71. The Hall–Kier alpha value is -1.61. The predicted molar refractivity (Wildman–Crippen MR) is 70.4 cm³/mol. The Morgan fingerprint density at radius 2 is 2.18 bits per heavy atom. The molecule has 0 saturated heterocycles. The smallest absolute Gasteiger partial charge is 0.149 e. The van der Waals surface area contributed by atoms with Crippen molar-refractivity contribution in [1.29, 1.82) is 0 Å². The zero-order chi connectivity index (χ0) is 12.1. The molecule has 17 heavy (non-hydrogen) atoms. The van der Waals surface area contributed by atoms with E-state index in [0.717, 1.165) is 13.0 Å². The number of halogens is 1. The maximum Gasteiger partial charge on any atom is 0.149 e. The minimum absolute atomic E-state index is 0.408. The molecule has 0 spiro atoms. The molecule has 0 radical (unpaired) electrons. The molecule has 0 fully saturated rings. The number of rotatable bonds is 4. The van der Waals surface area contributed by atoms with Crippen molar-refractivity contribution < 1.29 is 0 Å². The number of aromatic nitrogens is 2. The molecule has 1 heterocycles. The lowest BCUT2D eigenvalue weighted by Crippen LogP contribution is -2.06. The highest BCUT2D eigenvalue weighted by molar-refractivity contribution is 6.29. The maximum absolute atomic E-state index is 5.75. The van der Waals surface area contributed by atoms with Gasteiger partial charge < -0.3 is 5.32 Å². The molecule has 88 valence electrons. The van der Waals surface area contributed by atoms with E-state index in [9.17, 15) is 0 Å². The van der Waals surface area contributed by atoms with Crippen LogP contribution in [-0.4, -0.2) is 16.5 Å². The number of nitrogens with zero attached hydrogens (tertiary/aromatic N) is 2. The molecule has 2 aromatic rings. The first kappa shape index (κ1) is 11.9. The van der Waals surface area contributed by atoms with Gasteiger partial charge >= 0.3 is 0 Å². The number of nitrogens with one attached hydrogen (secondary N) is 1. The lowest BCUT2D eigenvalue weighted by atomic mass is 10.1. The van der Waals surface area contributed by atoms with Gasteiger partial charge in [0.25, 0.3) is 0 Å². The maximum atomic E-state index is 5.75. The van der Waals surface area contributed by atoms with Crippen LogP contribution in [0.1, 0.15) is 11.1 Å². The Bertz CT molecular complexity index is 454. The summed E-state index contributed by atoms with van der Waals surface area (Å²) in [5.41, 5.74) is 2.59. The molecule has 2 rings (SSSR count). The van der Waals surface area contributed by atoms with E-state index in [4.69, 9.17) is 11.6 Å². The summed E-state index contributed by atoms with van der Waals surface area (Å²) < 4.78 is 0. The zero-order valence-corrected chi connectivity index (χ0v) is 10.4. The Balaban J connectivity index is 1.87. The molecule has 1 aromatic carbocycles. The first-order chi connectivity index (χ1) is 8.24. The van der Waals surface area contributed by atoms with Crippen molar-refractivity contribution in [2.24, 2.45) is 0 Å². The van der Waals surface area contributed by atoms with Gasteiger partial charge in [0.05, 0.1) is 12.4 Å². The van der Waals surface area contributed by atoms with Crippen molar-refractivity contribution in [2.75, 3.05) is 11.9 Å². The Morgan fingerprint density at radius 1 is 1.29 bits per heavy atom. The van der Waals surface area contributed by atoms with E-state index < -0.39 is 0 Å². The fourth-order valence-electron chi connectivity index (χ4n) is 1.63. The quantitative estimate of drug-likeness (QED) is 0.902. The van der Waals surface area contributed by atoms with Gasteiger partial charge in [0.2, 0.25) is 0 Å². The van der Waals surface area contributed by atoms with Gasteiger partial charge in [-0.3, -0.25) is 4.98 Å². The first-order valence-electron chi connectivity index (χ1n) is 5.51. The number of aryl methyl sites for hydroxylation is 1. The van der Waals surface area contributed by atoms with Crippen molar-refractivity contribution in [2.45, 2.75) is 13.3 Å². The molecule has 0 saturated carbocycles. The van der Waals surface area contributed by atoms with Crippen LogP contribution in [0, 0.1) is 6.92 Å². The highest BCUT2D eigenvalue weighted by Gasteiger charge is 1.97. The third-order valence-electron chi connectivity index (χ3n) is 2.41. The van der Waals surface area contributed by atoms with Crippen molar-refractivity contribution in [3.05, 3.63) is 52.9 Å². The standard InChI is InChI=1S/C13H14ClN3/c1-10-3-2-4-11(7-10)5-6-16-13-9-15-8-12(14)17-13/h2-4,7-9H,5-6H2,1H3,(H,16,17). The second kappa shape index (κ2) is 5.64. The van der Waals surface area contributed by atoms with Crippen LogP contribution in [0.4, 0.5) is 5.82 Å². The molecule has 0 aliphatic rings. The average molecular weight is 248 g/mol. The van der Waals surface area contributed by atoms with Crippen molar-refractivity contribution >= 4 is 17.4 Å². The molecule has 0 unspecified atom stereocenters. The van der Waals surface area contributed by atoms with E-state index in [1.807, 2.05) is 0 Å². The Kier molecular flexibility index (Phi) is 3.94. The minimum atomic E-state index is 0.408. The molecule has 0 aliphatic carbocycles. The highest BCUT2D eigenvalue weighted by atomic mass is 35.5. The fraction of sp³-hybridized carbons (Fsp3) is 0.231. The van der Waals surface area contributed by atoms with Crippen LogP contribution in [0.15, 0.2) is 36.7 Å². The Labute approximate surface area is 106 Å². The van der Waals surface area contributed by atoms with Crippen LogP contribution in [0.3, 0.4) is 0 Å². The fourth-order valence-corrected chi connectivity index (χ4v) is 1.78. The van der Waals surface area contributed by atoms with Crippen LogP contribution >= 0.6 is 11.6 Å². The second-order valence-electron chi connectivity index (χ2n) is 3.89. The molecule has 1 N–H and O–H groups in total. The SMILES string of the molecule is Cc1cccc(CCNc2cncc(Cl)n2)c1. The summed E-state index contributed by atoms with van der Waals surface area (Å²) in [4.78, 5) is 8.08. The van der Waals surface area contributed by atoms with Crippen molar-refractivity contribution in [3.8, 4) is 0 Å². The monoisotopic (exact) mass is 247 g/mol. The molecule has 0 amide bonds. The minimum Gasteiger partial charge on any atom is -0.368 e. The summed E-state index contributed by atoms with van der Waals surface area (Å²) in [6.45, 7) is 2.91. The van der Waals surface area contributed by atoms with Gasteiger partial charge in [-0.05, 0) is 18.9 Å². The van der Waals surface area contributed by atoms with E-state index in [2.05, 4.69) is 46.5 Å². The van der Waals surface area contributed by atoms with Crippen LogP contribution in [-0.2, 0) is 6.42 Å². The van der Waals surface area contributed by atoms with Gasteiger partial charge in [0.15, 0.2) is 0 Å². The number of hydrogen-bond donors (Lipinski definition) is 1. The normalized spacial score (nSPS) is 10.2. The zero-order valence-electron chi connectivity index (χ0n) is 9.65. The van der Waals surface area contributed by atoms with Gasteiger partial charge in [0.1, 0.15) is 11.0 Å². The summed E-state index contributed by atoms with van der Waals surface area (Å²) in [7, 11) is 0. The molecule has 3 nitrogen and oxygen atoms in total. The predicted octanol–water partition coefficient (Wildman–Crippen LogP) is 3.09. The molecule has 1 aromatic heterocycles. The van der Waals surface area contributed by atoms with Gasteiger partial charge in [0, 0.05) is 6.54 Å². The number of anilines is 1. The summed E-state index contributed by atoms with van der Waals surface area (Å²) in [5.74, 6) is 0.713. The van der Waals surface area contributed by atoms with Gasteiger partial charge in [-0.25, -0.2) is 4.98 Å². The lowest BCUT2D eigenvalue weighted by Gasteiger charge is -2.05. The molecule has 0 aliphatic heterocycles. The Morgan fingerprint density at radius 3 is 2.94 bits per heavy atom. The highest BCUT2D eigenvalue weighted by Crippen LogP contribution is 2.08. The molecular formula is C13H14ClN3. The number of benzene rings is 1. The van der Waals surface area contributed by atoms with E-state index in [1.54, 1.807) is 6.20 Å². The first-order valence-corrected chi connectivity index (χ1v) is 5.89. The van der Waals surface area contributed by atoms with E-state index in [-0.39, 0.29) is 0 Å². The van der Waals surface area contributed by atoms with Gasteiger partial charge in [-0.1, -0.05) is 41.4 Å². The molecular weight excluding hydrogens is 234 g/mol. The summed E-state index contributed by atoms with van der Waals surface area (Å²) in [6.07, 6.45) is 4.14. The van der Waals surface area contributed by atoms with Crippen LogP contribution in [0.2, 0.25) is 5.15 Å². The molecule has 0 atom stereocenters. The molecule has 0 bridgehead atoms. The lowest BCUT2D eigenvalue weighted by molar-refractivity contribution is 0.997. The number of hydrogen-bond acceptors (Lipinski definition) is 3. The van der Waals surface area contributed by atoms with Crippen molar-refractivity contribution in [1.82, 2.24) is 9.97 Å². The second-order valence-corrected chi connectivity index (χ2v) is 4.28. The largest absolute Gasteiger partial charge is 0.368 e. The van der Waals surface area contributed by atoms with Gasteiger partial charge in [-0.2, -0.15) is 0 Å². The summed E-state index contributed by atoms with van der Waals surface area (Å²) in [5, 5.41) is 3.60. The van der Waals surface area contributed by atoms with E-state index in [1.165, 1.54) is 17.3 Å².